The molecule has 0 bridgehead atoms. The van der Waals surface area contributed by atoms with Crippen molar-refractivity contribution in [2.75, 3.05) is 0 Å². The normalized spacial score (nSPS) is 11.8. The van der Waals surface area contributed by atoms with Crippen LogP contribution in [0.25, 0.3) is 11.1 Å². The van der Waals surface area contributed by atoms with Crippen molar-refractivity contribution in [2.24, 2.45) is 0 Å². The van der Waals surface area contributed by atoms with Gasteiger partial charge in [-0.1, -0.05) is 63.3 Å². The number of halogens is 2. The summed E-state index contributed by atoms with van der Waals surface area (Å²) in [5, 5.41) is 0. The van der Waals surface area contributed by atoms with E-state index >= 15 is 0 Å². The van der Waals surface area contributed by atoms with Crippen LogP contribution in [0.2, 0.25) is 0 Å². The first-order chi connectivity index (χ1) is 11.2. The minimum atomic E-state index is 0. The number of aryl methyl sites for hydroxylation is 1. The van der Waals surface area contributed by atoms with Crippen molar-refractivity contribution in [3.63, 3.8) is 0 Å². The third kappa shape index (κ3) is 4.16. The third-order valence-corrected chi connectivity index (χ3v) is 7.17. The average Bonchev–Trinajstić information content (AvgIpc) is 2.94. The summed E-state index contributed by atoms with van der Waals surface area (Å²) in [6, 6.07) is 11.2. The molecule has 0 radical (unpaired) electrons. The zero-order chi connectivity index (χ0) is 16.2. The van der Waals surface area contributed by atoms with Gasteiger partial charge in [0.2, 0.25) is 0 Å². The van der Waals surface area contributed by atoms with Gasteiger partial charge in [0.1, 0.15) is 0 Å². The largest absolute Gasteiger partial charge is 0.0814 e. The molecule has 2 aromatic carbocycles. The van der Waals surface area contributed by atoms with Crippen LogP contribution in [0.5, 0.6) is 0 Å². The van der Waals surface area contributed by atoms with Crippen molar-refractivity contribution >= 4 is 40.3 Å². The molecule has 0 atom stereocenters. The fourth-order valence-electron chi connectivity index (χ4n) is 3.53. The maximum atomic E-state index is 3.84. The van der Waals surface area contributed by atoms with Gasteiger partial charge >= 0.3 is 0 Å². The highest BCUT2D eigenvalue weighted by atomic mass is 79.9. The molecule has 128 valence electrons. The van der Waals surface area contributed by atoms with E-state index in [4.69, 9.17) is 0 Å². The summed E-state index contributed by atoms with van der Waals surface area (Å²) < 4.78 is 2.52. The lowest BCUT2D eigenvalue weighted by Crippen LogP contribution is -1.93. The summed E-state index contributed by atoms with van der Waals surface area (Å²) in [4.78, 5) is 0. The van der Waals surface area contributed by atoms with Gasteiger partial charge in [-0.3, -0.25) is 0 Å². The van der Waals surface area contributed by atoms with Gasteiger partial charge in [0.15, 0.2) is 0 Å². The maximum absolute atomic E-state index is 3.84. The van der Waals surface area contributed by atoms with Crippen LogP contribution >= 0.6 is 31.9 Å². The Kier molecular flexibility index (Phi) is 7.62. The van der Waals surface area contributed by atoms with Crippen molar-refractivity contribution in [1.82, 2.24) is 0 Å². The molecule has 0 aromatic heterocycles. The lowest BCUT2D eigenvalue weighted by Gasteiger charge is -2.12. The van der Waals surface area contributed by atoms with Gasteiger partial charge in [-0.25, -0.2) is 0 Å². The van der Waals surface area contributed by atoms with Crippen LogP contribution in [-0.4, -0.2) is 8.41 Å². The molecule has 0 heterocycles. The van der Waals surface area contributed by atoms with Crippen LogP contribution in [0.4, 0.5) is 0 Å². The molecule has 0 saturated carbocycles. The monoisotopic (exact) mass is 448 g/mol. The van der Waals surface area contributed by atoms with E-state index in [1.807, 2.05) is 0 Å². The van der Waals surface area contributed by atoms with Gasteiger partial charge in [0.05, 0.1) is 8.41 Å². The Morgan fingerprint density at radius 1 is 0.875 bits per heavy atom. The minimum absolute atomic E-state index is 0. The van der Waals surface area contributed by atoms with Crippen molar-refractivity contribution in [2.45, 2.75) is 58.3 Å². The first kappa shape index (κ1) is 19.8. The van der Waals surface area contributed by atoms with Crippen LogP contribution in [0.1, 0.15) is 62.1 Å². The van der Waals surface area contributed by atoms with Crippen molar-refractivity contribution < 1.29 is 0 Å². The van der Waals surface area contributed by atoms with E-state index in [-0.39, 0.29) is 8.41 Å². The number of hydrogen-bond acceptors (Lipinski definition) is 0. The molecule has 1 aliphatic rings. The molecule has 0 N–H and O–H groups in total. The lowest BCUT2D eigenvalue weighted by atomic mass is 9.99. The summed E-state index contributed by atoms with van der Waals surface area (Å²) in [5.41, 5.74) is 7.18. The summed E-state index contributed by atoms with van der Waals surface area (Å²) in [6.07, 6.45) is 10.3. The molecule has 3 rings (SSSR count). The molecule has 0 saturated heterocycles. The first-order valence-electron chi connectivity index (χ1n) is 8.80. The van der Waals surface area contributed by atoms with Gasteiger partial charge in [0, 0.05) is 8.95 Å². The van der Waals surface area contributed by atoms with Crippen molar-refractivity contribution in [3.8, 4) is 11.1 Å². The fourth-order valence-corrected chi connectivity index (χ4v) is 4.70. The number of rotatable bonds is 7. The molecule has 24 heavy (non-hydrogen) atoms. The molecule has 2 aromatic rings. The molecule has 0 amide bonds. The molecule has 0 spiro atoms. The Labute approximate surface area is 165 Å². The lowest BCUT2D eigenvalue weighted by molar-refractivity contribution is 0.607. The Morgan fingerprint density at radius 3 is 2.38 bits per heavy atom. The minimum Gasteiger partial charge on any atom is -0.0654 e. The molecule has 0 aliphatic heterocycles. The van der Waals surface area contributed by atoms with Crippen LogP contribution in [0.3, 0.4) is 0 Å². The predicted molar refractivity (Wildman–Crippen MR) is 117 cm³/mol. The Balaban J connectivity index is 0.00000208. The van der Waals surface area contributed by atoms with E-state index in [2.05, 4.69) is 69.1 Å². The summed E-state index contributed by atoms with van der Waals surface area (Å²) in [5.74, 6) is 0. The Bertz CT molecular complexity index is 694. The number of benzene rings is 2. The van der Waals surface area contributed by atoms with Gasteiger partial charge in [-0.2, -0.15) is 0 Å². The molecule has 1 aliphatic carbocycles. The third-order valence-electron chi connectivity index (χ3n) is 4.86. The topological polar surface area (TPSA) is 0 Å². The highest BCUT2D eigenvalue weighted by molar-refractivity contribution is 9.13. The molecule has 3 heteroatoms. The van der Waals surface area contributed by atoms with Crippen LogP contribution in [-0.2, 0) is 12.8 Å². The average molecular weight is 450 g/mol. The molecule has 0 nitrogen and oxygen atoms in total. The van der Waals surface area contributed by atoms with E-state index in [1.165, 1.54) is 81.7 Å². The summed E-state index contributed by atoms with van der Waals surface area (Å²) in [6.45, 7) is 2.27. The van der Waals surface area contributed by atoms with Crippen molar-refractivity contribution in [1.29, 1.82) is 0 Å². The van der Waals surface area contributed by atoms with E-state index in [1.54, 1.807) is 0 Å². The quantitative estimate of drug-likeness (QED) is 0.285. The second kappa shape index (κ2) is 9.24. The SMILES string of the molecule is B.CCCCCCCCc1cc2c(c(Br)c1Br)Cc1ccccc1-2. The fraction of sp³-hybridized carbons (Fsp3) is 0.429. The van der Waals surface area contributed by atoms with Crippen LogP contribution < -0.4 is 0 Å². The highest BCUT2D eigenvalue weighted by Crippen LogP contribution is 2.44. The van der Waals surface area contributed by atoms with Gasteiger partial charge in [-0.15, -0.1) is 0 Å². The summed E-state index contributed by atoms with van der Waals surface area (Å²) in [7, 11) is 0. The van der Waals surface area contributed by atoms with Crippen LogP contribution in [0.15, 0.2) is 39.3 Å². The summed E-state index contributed by atoms with van der Waals surface area (Å²) >= 11 is 7.66. The molecule has 0 unspecified atom stereocenters. The van der Waals surface area contributed by atoms with E-state index < -0.39 is 0 Å². The van der Waals surface area contributed by atoms with E-state index in [0.717, 1.165) is 6.42 Å². The molecule has 0 fully saturated rings. The maximum Gasteiger partial charge on any atom is 0.0814 e. The predicted octanol–water partition coefficient (Wildman–Crippen LogP) is 6.50. The van der Waals surface area contributed by atoms with E-state index in [0.29, 0.717) is 0 Å². The van der Waals surface area contributed by atoms with Gasteiger partial charge in [-0.05, 0) is 85.0 Å². The molecular weight excluding hydrogens is 423 g/mol. The van der Waals surface area contributed by atoms with Crippen molar-refractivity contribution in [3.05, 3.63) is 56.0 Å². The number of unbranched alkanes of at least 4 members (excludes halogenated alkanes) is 5. The molecular formula is C21H27BBr2. The van der Waals surface area contributed by atoms with E-state index in [9.17, 15) is 0 Å². The van der Waals surface area contributed by atoms with Crippen LogP contribution in [0, 0.1) is 0 Å². The Morgan fingerprint density at radius 2 is 1.58 bits per heavy atom. The second-order valence-corrected chi connectivity index (χ2v) is 8.13. The number of fused-ring (bicyclic) bond motifs is 3. The Hall–Kier alpha value is -0.535. The second-order valence-electron chi connectivity index (χ2n) is 6.54. The zero-order valence-electron chi connectivity index (χ0n) is 13.8. The number of hydrogen-bond donors (Lipinski definition) is 0. The van der Waals surface area contributed by atoms with Gasteiger partial charge in [0.25, 0.3) is 0 Å². The first-order valence-corrected chi connectivity index (χ1v) is 10.4. The van der Waals surface area contributed by atoms with Gasteiger partial charge < -0.3 is 0 Å². The zero-order valence-corrected chi connectivity index (χ0v) is 17.0. The highest BCUT2D eigenvalue weighted by Gasteiger charge is 2.23. The smallest absolute Gasteiger partial charge is 0.0654 e. The standard InChI is InChI=1S/C21H24Br2.BH3/c1-2-3-4-5-6-7-11-16-14-18-17-12-9-8-10-15(17)13-19(18)21(23)20(16)22;/h8-10,12,14H,2-7,11,13H2,1H3;1H3.